The lowest BCUT2D eigenvalue weighted by Crippen LogP contribution is -2.42. The van der Waals surface area contributed by atoms with Crippen molar-refractivity contribution in [3.63, 3.8) is 0 Å². The summed E-state index contributed by atoms with van der Waals surface area (Å²) in [5, 5.41) is 16.7. The highest BCUT2D eigenvalue weighted by atomic mass is 16.5. The second kappa shape index (κ2) is 10.8. The van der Waals surface area contributed by atoms with Crippen molar-refractivity contribution in [1.82, 2.24) is 15.5 Å². The van der Waals surface area contributed by atoms with Crippen molar-refractivity contribution >= 4 is 5.91 Å². The first-order valence-electron chi connectivity index (χ1n) is 11.4. The number of hydrogen-bond acceptors (Lipinski definition) is 5. The fraction of sp³-hybridized carbons (Fsp3) is 0.480. The molecule has 2 atom stereocenters. The van der Waals surface area contributed by atoms with Gasteiger partial charge in [-0.2, -0.15) is 0 Å². The lowest BCUT2D eigenvalue weighted by molar-refractivity contribution is -0.123. The van der Waals surface area contributed by atoms with Crippen LogP contribution >= 0.6 is 0 Å². The number of amides is 1. The molecule has 2 heterocycles. The zero-order valence-electron chi connectivity index (χ0n) is 18.1. The summed E-state index contributed by atoms with van der Waals surface area (Å²) in [6.45, 7) is 3.51. The van der Waals surface area contributed by atoms with E-state index in [0.717, 1.165) is 43.8 Å². The highest BCUT2D eigenvalue weighted by Crippen LogP contribution is 2.30. The van der Waals surface area contributed by atoms with E-state index in [0.29, 0.717) is 6.54 Å². The van der Waals surface area contributed by atoms with Gasteiger partial charge in [-0.15, -0.1) is 0 Å². The molecule has 0 spiro atoms. The van der Waals surface area contributed by atoms with Gasteiger partial charge in [0.1, 0.15) is 5.75 Å². The number of β-amino-alcohol motifs (C(OH)–C–C–N with tert-alkyl or cyclic N) is 1. The molecule has 2 aliphatic rings. The van der Waals surface area contributed by atoms with E-state index < -0.39 is 6.10 Å². The summed E-state index contributed by atoms with van der Waals surface area (Å²) in [4.78, 5) is 14.5. The van der Waals surface area contributed by atoms with Crippen LogP contribution in [0.3, 0.4) is 0 Å². The predicted octanol–water partition coefficient (Wildman–Crippen LogP) is 2.42. The summed E-state index contributed by atoms with van der Waals surface area (Å²) in [5.74, 6) is 0.541. The Morgan fingerprint density at radius 2 is 1.97 bits per heavy atom. The van der Waals surface area contributed by atoms with Crippen LogP contribution in [0.25, 0.3) is 0 Å². The van der Waals surface area contributed by atoms with Crippen LogP contribution in [-0.4, -0.2) is 54.8 Å². The number of para-hydroxylation sites is 1. The standard InChI is InChI=1S/C25H33N3O3/c29-21(17-28-14-12-19-7-1-2-8-20(19)16-28)15-27-25(30)18-31-24-11-4-3-9-22(24)23-10-5-6-13-26-23/h1-4,7-9,11,21,23,26,29H,5-6,10,12-18H2,(H,27,30). The minimum absolute atomic E-state index is 0.0481. The Bertz CT molecular complexity index is 867. The van der Waals surface area contributed by atoms with Crippen molar-refractivity contribution in [2.75, 3.05) is 32.8 Å². The normalized spacial score (nSPS) is 20.0. The lowest BCUT2D eigenvalue weighted by Gasteiger charge is -2.30. The molecule has 166 valence electrons. The molecule has 6 nitrogen and oxygen atoms in total. The molecule has 1 saturated heterocycles. The number of rotatable bonds is 8. The Morgan fingerprint density at radius 1 is 1.16 bits per heavy atom. The van der Waals surface area contributed by atoms with Gasteiger partial charge in [0.2, 0.25) is 0 Å². The number of carbonyl (C=O) groups excluding carboxylic acids is 1. The van der Waals surface area contributed by atoms with E-state index in [9.17, 15) is 9.90 Å². The summed E-state index contributed by atoms with van der Waals surface area (Å²) >= 11 is 0. The van der Waals surface area contributed by atoms with Crippen molar-refractivity contribution in [3.8, 4) is 5.75 Å². The zero-order valence-corrected chi connectivity index (χ0v) is 18.1. The minimum atomic E-state index is -0.604. The number of fused-ring (bicyclic) bond motifs is 1. The molecule has 0 aromatic heterocycles. The number of carbonyl (C=O) groups is 1. The molecule has 2 aliphatic heterocycles. The van der Waals surface area contributed by atoms with Crippen LogP contribution in [0.15, 0.2) is 48.5 Å². The van der Waals surface area contributed by atoms with Gasteiger partial charge in [-0.25, -0.2) is 0 Å². The first-order valence-corrected chi connectivity index (χ1v) is 11.4. The molecule has 0 saturated carbocycles. The second-order valence-corrected chi connectivity index (χ2v) is 8.54. The number of nitrogens with zero attached hydrogens (tertiary/aromatic N) is 1. The molecule has 3 N–H and O–H groups in total. The van der Waals surface area contributed by atoms with Crippen LogP contribution < -0.4 is 15.4 Å². The monoisotopic (exact) mass is 423 g/mol. The van der Waals surface area contributed by atoms with Crippen molar-refractivity contribution in [2.45, 2.75) is 44.4 Å². The van der Waals surface area contributed by atoms with E-state index >= 15 is 0 Å². The van der Waals surface area contributed by atoms with Gasteiger partial charge >= 0.3 is 0 Å². The third-order valence-corrected chi connectivity index (χ3v) is 6.18. The van der Waals surface area contributed by atoms with Crippen LogP contribution in [0.2, 0.25) is 0 Å². The summed E-state index contributed by atoms with van der Waals surface area (Å²) in [7, 11) is 0. The number of piperidine rings is 1. The molecular formula is C25H33N3O3. The maximum absolute atomic E-state index is 12.3. The molecule has 2 unspecified atom stereocenters. The average Bonchev–Trinajstić information content (AvgIpc) is 2.82. The van der Waals surface area contributed by atoms with Crippen LogP contribution in [0, 0.1) is 0 Å². The molecule has 0 bridgehead atoms. The molecule has 1 fully saturated rings. The molecule has 31 heavy (non-hydrogen) atoms. The topological polar surface area (TPSA) is 73.8 Å². The van der Waals surface area contributed by atoms with E-state index in [-0.39, 0.29) is 25.1 Å². The van der Waals surface area contributed by atoms with E-state index in [4.69, 9.17) is 4.74 Å². The van der Waals surface area contributed by atoms with Crippen LogP contribution in [-0.2, 0) is 17.8 Å². The maximum Gasteiger partial charge on any atom is 0.258 e. The van der Waals surface area contributed by atoms with Gasteiger partial charge in [0, 0.05) is 37.8 Å². The summed E-state index contributed by atoms with van der Waals surface area (Å²) in [6.07, 6.45) is 3.88. The maximum atomic E-state index is 12.3. The zero-order chi connectivity index (χ0) is 21.5. The van der Waals surface area contributed by atoms with Crippen LogP contribution in [0.4, 0.5) is 0 Å². The van der Waals surface area contributed by atoms with Crippen LogP contribution in [0.1, 0.15) is 42.0 Å². The largest absolute Gasteiger partial charge is 0.483 e. The molecule has 2 aromatic rings. The highest BCUT2D eigenvalue weighted by molar-refractivity contribution is 5.77. The summed E-state index contributed by atoms with van der Waals surface area (Å²) in [6, 6.07) is 16.7. The van der Waals surface area contributed by atoms with Gasteiger partial charge in [0.25, 0.3) is 5.91 Å². The lowest BCUT2D eigenvalue weighted by atomic mass is 9.97. The van der Waals surface area contributed by atoms with Crippen molar-refractivity contribution in [3.05, 3.63) is 65.2 Å². The van der Waals surface area contributed by atoms with E-state index in [1.165, 1.54) is 24.0 Å². The van der Waals surface area contributed by atoms with Gasteiger partial charge < -0.3 is 20.5 Å². The molecule has 4 rings (SSSR count). The number of aliphatic hydroxyl groups excluding tert-OH is 1. The smallest absolute Gasteiger partial charge is 0.258 e. The fourth-order valence-corrected chi connectivity index (χ4v) is 4.52. The van der Waals surface area contributed by atoms with E-state index in [2.05, 4.69) is 45.9 Å². The molecule has 0 radical (unpaired) electrons. The van der Waals surface area contributed by atoms with Gasteiger partial charge in [-0.3, -0.25) is 9.69 Å². The fourth-order valence-electron chi connectivity index (χ4n) is 4.52. The number of aliphatic hydroxyl groups is 1. The van der Waals surface area contributed by atoms with E-state index in [1.807, 2.05) is 18.2 Å². The molecule has 0 aliphatic carbocycles. The first-order chi connectivity index (χ1) is 15.2. The molecule has 1 amide bonds. The number of ether oxygens (including phenoxy) is 1. The quantitative estimate of drug-likeness (QED) is 0.608. The Kier molecular flexibility index (Phi) is 7.57. The number of benzene rings is 2. The Hall–Kier alpha value is -2.41. The minimum Gasteiger partial charge on any atom is -0.483 e. The van der Waals surface area contributed by atoms with Crippen LogP contribution in [0.5, 0.6) is 5.75 Å². The molecule has 6 heteroatoms. The number of hydrogen-bond donors (Lipinski definition) is 3. The Morgan fingerprint density at radius 3 is 2.81 bits per heavy atom. The average molecular weight is 424 g/mol. The number of nitrogens with one attached hydrogen (secondary N) is 2. The third-order valence-electron chi connectivity index (χ3n) is 6.18. The first kappa shape index (κ1) is 21.8. The van der Waals surface area contributed by atoms with Crippen molar-refractivity contribution in [2.24, 2.45) is 0 Å². The van der Waals surface area contributed by atoms with Crippen molar-refractivity contribution in [1.29, 1.82) is 0 Å². The van der Waals surface area contributed by atoms with Gasteiger partial charge in [-0.05, 0) is 43.0 Å². The Balaban J connectivity index is 1.20. The van der Waals surface area contributed by atoms with E-state index in [1.54, 1.807) is 0 Å². The van der Waals surface area contributed by atoms with Gasteiger partial charge in [0.15, 0.2) is 6.61 Å². The van der Waals surface area contributed by atoms with Gasteiger partial charge in [0.05, 0.1) is 6.10 Å². The molecule has 2 aromatic carbocycles. The van der Waals surface area contributed by atoms with Crippen molar-refractivity contribution < 1.29 is 14.6 Å². The predicted molar refractivity (Wildman–Crippen MR) is 121 cm³/mol. The summed E-state index contributed by atoms with van der Waals surface area (Å²) < 4.78 is 5.83. The second-order valence-electron chi connectivity index (χ2n) is 8.54. The third kappa shape index (κ3) is 6.06. The highest BCUT2D eigenvalue weighted by Gasteiger charge is 2.20. The molecular weight excluding hydrogens is 390 g/mol. The summed E-state index contributed by atoms with van der Waals surface area (Å²) in [5.41, 5.74) is 3.83. The Labute approximate surface area is 184 Å². The SMILES string of the molecule is O=C(COc1ccccc1C1CCCCN1)NCC(O)CN1CCc2ccccc2C1. The van der Waals surface area contributed by atoms with Gasteiger partial charge in [-0.1, -0.05) is 48.9 Å².